The van der Waals surface area contributed by atoms with E-state index in [9.17, 15) is 5.11 Å². The molecule has 4 nitrogen and oxygen atoms in total. The zero-order chi connectivity index (χ0) is 33.6. The minimum atomic E-state index is 0.222. The van der Waals surface area contributed by atoms with Crippen LogP contribution in [0, 0.1) is 0 Å². The number of para-hydroxylation sites is 3. The topological polar surface area (TPSA) is 39.9 Å². The Balaban J connectivity index is 1.28. The molecule has 0 atom stereocenters. The predicted octanol–water partition coefficient (Wildman–Crippen LogP) is 13.3. The molecule has 0 aliphatic carbocycles. The van der Waals surface area contributed by atoms with E-state index in [1.165, 1.54) is 4.90 Å². The number of nitrogens with zero attached hydrogens (tertiary/aromatic N) is 2. The van der Waals surface area contributed by atoms with Crippen LogP contribution in [0.1, 0.15) is 0 Å². The van der Waals surface area contributed by atoms with Crippen LogP contribution in [0.4, 0.5) is 34.1 Å². The van der Waals surface area contributed by atoms with Crippen LogP contribution in [0.2, 0.25) is 0 Å². The number of benzene rings is 8. The van der Waals surface area contributed by atoms with Crippen molar-refractivity contribution >= 4 is 89.4 Å². The third-order valence-corrected chi connectivity index (χ3v) is 10.1. The van der Waals surface area contributed by atoms with Crippen molar-refractivity contribution in [3.05, 3.63) is 170 Å². The summed E-state index contributed by atoms with van der Waals surface area (Å²) >= 11 is 1.74. The Morgan fingerprint density at radius 1 is 0.460 bits per heavy atom. The Morgan fingerprint density at radius 2 is 1.06 bits per heavy atom. The molecule has 0 unspecified atom stereocenters. The van der Waals surface area contributed by atoms with Gasteiger partial charge in [0.15, 0.2) is 0 Å². The van der Waals surface area contributed by atoms with Crippen LogP contribution in [0.15, 0.2) is 179 Å². The van der Waals surface area contributed by atoms with Crippen LogP contribution >= 0.6 is 11.8 Å². The lowest BCUT2D eigenvalue weighted by molar-refractivity contribution is 0.482. The molecule has 9 aromatic rings. The van der Waals surface area contributed by atoms with Gasteiger partial charge in [0.05, 0.1) is 11.4 Å². The number of phenolic OH excluding ortho intramolecular Hbond substituents is 1. The number of hydrogen-bond donors (Lipinski definition) is 1. The van der Waals surface area contributed by atoms with Crippen molar-refractivity contribution in [2.24, 2.45) is 0 Å². The minimum Gasteiger partial charge on any atom is -0.507 e. The van der Waals surface area contributed by atoms with E-state index < -0.39 is 0 Å². The van der Waals surface area contributed by atoms with Gasteiger partial charge in [0, 0.05) is 60.6 Å². The van der Waals surface area contributed by atoms with Crippen molar-refractivity contribution in [2.75, 3.05) is 16.1 Å². The number of aromatic hydroxyl groups is 1. The first kappa shape index (κ1) is 29.9. The molecule has 8 aromatic carbocycles. The van der Waals surface area contributed by atoms with E-state index in [1.54, 1.807) is 11.8 Å². The summed E-state index contributed by atoms with van der Waals surface area (Å²) in [6.07, 6.45) is 2.11. The number of furan rings is 1. The van der Waals surface area contributed by atoms with Gasteiger partial charge in [-0.05, 0) is 96.6 Å². The van der Waals surface area contributed by atoms with Crippen LogP contribution < -0.4 is 9.80 Å². The summed E-state index contributed by atoms with van der Waals surface area (Å²) in [5.41, 5.74) is 7.72. The molecule has 0 saturated heterocycles. The van der Waals surface area contributed by atoms with E-state index >= 15 is 0 Å². The highest BCUT2D eigenvalue weighted by Crippen LogP contribution is 2.46. The molecule has 5 heteroatoms. The molecular weight excluding hydrogens is 633 g/mol. The van der Waals surface area contributed by atoms with Crippen molar-refractivity contribution in [2.45, 2.75) is 4.90 Å². The van der Waals surface area contributed by atoms with Gasteiger partial charge in [0.1, 0.15) is 16.9 Å². The lowest BCUT2D eigenvalue weighted by Gasteiger charge is -2.27. The molecule has 0 amide bonds. The summed E-state index contributed by atoms with van der Waals surface area (Å²) in [7, 11) is 0. The van der Waals surface area contributed by atoms with Gasteiger partial charge in [-0.25, -0.2) is 0 Å². The highest BCUT2D eigenvalue weighted by Gasteiger charge is 2.21. The van der Waals surface area contributed by atoms with Crippen molar-refractivity contribution in [3.8, 4) is 5.75 Å². The second-order valence-electron chi connectivity index (χ2n) is 12.3. The van der Waals surface area contributed by atoms with Gasteiger partial charge < -0.3 is 19.3 Å². The predicted molar refractivity (Wildman–Crippen MR) is 212 cm³/mol. The van der Waals surface area contributed by atoms with Crippen LogP contribution in [-0.2, 0) is 0 Å². The van der Waals surface area contributed by atoms with Crippen LogP contribution in [0.25, 0.3) is 43.5 Å². The van der Waals surface area contributed by atoms with E-state index in [4.69, 9.17) is 4.42 Å². The van der Waals surface area contributed by atoms with E-state index in [0.29, 0.717) is 0 Å². The first-order valence-corrected chi connectivity index (χ1v) is 17.8. The van der Waals surface area contributed by atoms with Gasteiger partial charge in [-0.3, -0.25) is 0 Å². The average molecular weight is 665 g/mol. The summed E-state index contributed by atoms with van der Waals surface area (Å²) in [4.78, 5) is 5.69. The lowest BCUT2D eigenvalue weighted by Crippen LogP contribution is -2.10. The van der Waals surface area contributed by atoms with Crippen molar-refractivity contribution in [1.29, 1.82) is 0 Å². The molecule has 0 bridgehead atoms. The molecule has 0 radical (unpaired) electrons. The molecule has 0 saturated carbocycles. The summed E-state index contributed by atoms with van der Waals surface area (Å²) < 4.78 is 6.75. The molecule has 0 aliphatic rings. The molecular formula is C45H32N2O2S. The van der Waals surface area contributed by atoms with Gasteiger partial charge in [-0.15, -0.1) is 11.8 Å². The fourth-order valence-electron chi connectivity index (χ4n) is 7.15. The number of phenols is 1. The van der Waals surface area contributed by atoms with Crippen LogP contribution in [0.5, 0.6) is 5.75 Å². The largest absolute Gasteiger partial charge is 0.507 e. The second-order valence-corrected chi connectivity index (χ2v) is 13.2. The van der Waals surface area contributed by atoms with Gasteiger partial charge in [-0.2, -0.15) is 0 Å². The average Bonchev–Trinajstić information content (AvgIpc) is 3.57. The van der Waals surface area contributed by atoms with E-state index in [0.717, 1.165) is 77.6 Å². The molecule has 1 heterocycles. The highest BCUT2D eigenvalue weighted by molar-refractivity contribution is 7.98. The summed E-state index contributed by atoms with van der Waals surface area (Å²) in [5, 5.41) is 17.3. The molecule has 50 heavy (non-hydrogen) atoms. The van der Waals surface area contributed by atoms with Crippen molar-refractivity contribution in [1.82, 2.24) is 0 Å². The maximum Gasteiger partial charge on any atom is 0.143 e. The Kier molecular flexibility index (Phi) is 7.41. The molecule has 1 N–H and O–H groups in total. The highest BCUT2D eigenvalue weighted by atomic mass is 32.2. The molecule has 0 fully saturated rings. The Labute approximate surface area is 294 Å². The quantitative estimate of drug-likeness (QED) is 0.172. The number of anilines is 6. The smallest absolute Gasteiger partial charge is 0.143 e. The van der Waals surface area contributed by atoms with E-state index in [-0.39, 0.29) is 5.75 Å². The van der Waals surface area contributed by atoms with Gasteiger partial charge >= 0.3 is 0 Å². The number of thioether (sulfide) groups is 1. The molecule has 0 spiro atoms. The fourth-order valence-corrected chi connectivity index (χ4v) is 7.61. The Morgan fingerprint density at radius 3 is 1.74 bits per heavy atom. The number of hydrogen-bond acceptors (Lipinski definition) is 5. The van der Waals surface area contributed by atoms with Crippen molar-refractivity contribution in [3.63, 3.8) is 0 Å². The van der Waals surface area contributed by atoms with Crippen molar-refractivity contribution < 1.29 is 9.52 Å². The lowest BCUT2D eigenvalue weighted by atomic mass is 9.99. The fraction of sp³-hybridized carbons (Fsp3) is 0.0222. The van der Waals surface area contributed by atoms with Gasteiger partial charge in [0.2, 0.25) is 0 Å². The second kappa shape index (κ2) is 12.4. The number of fused-ring (bicyclic) bond motifs is 7. The van der Waals surface area contributed by atoms with Gasteiger partial charge in [-0.1, -0.05) is 78.9 Å². The standard InChI is InChI=1S/C45H32N2O2S/c1-50-35-20-11-19-33(27-35)47(32-17-9-4-10-18-32)41-22-12-21-38-36(41)23-24-39-44-40-28-34(29-42(48)37(40)25-26-43(44)49-45(38)39)46(30-13-5-2-6-14-30)31-15-7-3-8-16-31/h2-29,48H,1H3. The summed E-state index contributed by atoms with van der Waals surface area (Å²) in [6, 6.07) is 58.4. The zero-order valence-electron chi connectivity index (χ0n) is 27.3. The SMILES string of the molecule is CSc1cccc(N(c2ccccc2)c2cccc3c2ccc2c3oc3ccc4c(O)cc(N(c5ccccc5)c5ccccc5)cc4c32)c1. The van der Waals surface area contributed by atoms with E-state index in [2.05, 4.69) is 125 Å². The first-order chi connectivity index (χ1) is 24.7. The van der Waals surface area contributed by atoms with Crippen LogP contribution in [-0.4, -0.2) is 11.4 Å². The Hall–Kier alpha value is -6.17. The number of rotatable bonds is 7. The summed E-state index contributed by atoms with van der Waals surface area (Å²) in [6.45, 7) is 0. The Bertz CT molecular complexity index is 2620. The first-order valence-electron chi connectivity index (χ1n) is 16.6. The monoisotopic (exact) mass is 664 g/mol. The minimum absolute atomic E-state index is 0.222. The molecule has 0 aliphatic heterocycles. The molecule has 9 rings (SSSR count). The van der Waals surface area contributed by atoms with Crippen LogP contribution in [0.3, 0.4) is 0 Å². The van der Waals surface area contributed by atoms with Gasteiger partial charge in [0.25, 0.3) is 0 Å². The van der Waals surface area contributed by atoms with E-state index in [1.807, 2.05) is 60.7 Å². The normalized spacial score (nSPS) is 11.5. The maximum absolute atomic E-state index is 11.5. The third kappa shape index (κ3) is 5.02. The molecule has 1 aromatic heterocycles. The zero-order valence-corrected chi connectivity index (χ0v) is 28.1. The maximum atomic E-state index is 11.5. The summed E-state index contributed by atoms with van der Waals surface area (Å²) in [5.74, 6) is 0.222. The third-order valence-electron chi connectivity index (χ3n) is 9.38. The molecule has 240 valence electrons.